The summed E-state index contributed by atoms with van der Waals surface area (Å²) in [6.45, 7) is 1.99. The van der Waals surface area contributed by atoms with Crippen molar-refractivity contribution in [3.05, 3.63) is 39.2 Å². The second-order valence-electron chi connectivity index (χ2n) is 4.14. The maximum Gasteiger partial charge on any atom is 0.232 e. The van der Waals surface area contributed by atoms with Crippen LogP contribution in [-0.4, -0.2) is 9.97 Å². The van der Waals surface area contributed by atoms with E-state index in [-0.39, 0.29) is 5.95 Å². The van der Waals surface area contributed by atoms with Gasteiger partial charge in [-0.2, -0.15) is 4.98 Å². The van der Waals surface area contributed by atoms with Crippen molar-refractivity contribution >= 4 is 50.7 Å². The van der Waals surface area contributed by atoms with E-state index >= 15 is 0 Å². The number of rotatable bonds is 2. The average Bonchev–Trinajstić information content (AvgIpc) is 2.74. The van der Waals surface area contributed by atoms with Crippen LogP contribution in [0, 0.1) is 6.92 Å². The molecule has 0 saturated carbocycles. The molecule has 2 N–H and O–H groups in total. The third-order valence-electron chi connectivity index (χ3n) is 2.60. The molecular weight excluding hydrogens is 317 g/mol. The van der Waals surface area contributed by atoms with Gasteiger partial charge in [0.15, 0.2) is 0 Å². The van der Waals surface area contributed by atoms with Crippen molar-refractivity contribution in [1.29, 1.82) is 0 Å². The maximum absolute atomic E-state index is 5.97. The number of ether oxygens (including phenoxy) is 1. The van der Waals surface area contributed by atoms with Gasteiger partial charge in [0.25, 0.3) is 0 Å². The predicted molar refractivity (Wildman–Crippen MR) is 83.1 cm³/mol. The molecule has 0 saturated heterocycles. The van der Waals surface area contributed by atoms with Crippen LogP contribution in [-0.2, 0) is 0 Å². The van der Waals surface area contributed by atoms with Gasteiger partial charge in [-0.3, -0.25) is 0 Å². The van der Waals surface area contributed by atoms with Crippen LogP contribution in [0.1, 0.15) is 4.88 Å². The Labute approximate surface area is 129 Å². The third kappa shape index (κ3) is 2.52. The summed E-state index contributed by atoms with van der Waals surface area (Å²) in [6.07, 6.45) is 0. The minimum atomic E-state index is 0.175. The highest BCUT2D eigenvalue weighted by atomic mass is 35.5. The molecule has 2 aromatic heterocycles. The molecule has 4 nitrogen and oxygen atoms in total. The fraction of sp³-hybridized carbons (Fsp3) is 0.0769. The summed E-state index contributed by atoms with van der Waals surface area (Å²) in [5.74, 6) is 1.13. The first kappa shape index (κ1) is 13.4. The van der Waals surface area contributed by atoms with Crippen molar-refractivity contribution in [3.63, 3.8) is 0 Å². The van der Waals surface area contributed by atoms with Crippen molar-refractivity contribution in [2.24, 2.45) is 0 Å². The van der Waals surface area contributed by atoms with Crippen LogP contribution in [0.2, 0.25) is 10.0 Å². The second kappa shape index (κ2) is 5.09. The Morgan fingerprint density at radius 2 is 1.95 bits per heavy atom. The van der Waals surface area contributed by atoms with Gasteiger partial charge >= 0.3 is 0 Å². The lowest BCUT2D eigenvalue weighted by atomic mass is 10.3. The van der Waals surface area contributed by atoms with Gasteiger partial charge < -0.3 is 10.5 Å². The van der Waals surface area contributed by atoms with Crippen LogP contribution < -0.4 is 10.5 Å². The third-order valence-corrected chi connectivity index (χ3v) is 4.29. The van der Waals surface area contributed by atoms with Crippen molar-refractivity contribution in [1.82, 2.24) is 9.97 Å². The summed E-state index contributed by atoms with van der Waals surface area (Å²) in [5.41, 5.74) is 5.70. The van der Waals surface area contributed by atoms with Crippen molar-refractivity contribution in [3.8, 4) is 11.6 Å². The highest BCUT2D eigenvalue weighted by Crippen LogP contribution is 2.34. The number of hydrogen-bond donors (Lipinski definition) is 1. The van der Waals surface area contributed by atoms with Gasteiger partial charge in [-0.15, -0.1) is 11.3 Å². The molecule has 0 fully saturated rings. The topological polar surface area (TPSA) is 61.0 Å². The fourth-order valence-electron chi connectivity index (χ4n) is 1.76. The Morgan fingerprint density at radius 3 is 2.70 bits per heavy atom. The number of fused-ring (bicyclic) bond motifs is 1. The number of nitrogen functional groups attached to an aromatic ring is 1. The Balaban J connectivity index is 2.07. The van der Waals surface area contributed by atoms with Crippen LogP contribution in [0.5, 0.6) is 11.6 Å². The number of hydrogen-bond acceptors (Lipinski definition) is 5. The van der Waals surface area contributed by atoms with E-state index in [0.717, 1.165) is 15.1 Å². The smallest absolute Gasteiger partial charge is 0.232 e. The second-order valence-corrected chi connectivity index (χ2v) is 6.19. The van der Waals surface area contributed by atoms with Gasteiger partial charge in [0.2, 0.25) is 11.8 Å². The number of aryl methyl sites for hydroxylation is 1. The standard InChI is InChI=1S/C13H9Cl2N3OS/c1-6-4-8-11(17-13(16)18-12(8)20-6)19-7-2-3-9(14)10(15)5-7/h2-5H,1H3,(H2,16,17,18). The molecule has 0 atom stereocenters. The van der Waals surface area contributed by atoms with Crippen molar-refractivity contribution < 1.29 is 4.74 Å². The minimum absolute atomic E-state index is 0.175. The van der Waals surface area contributed by atoms with Crippen molar-refractivity contribution in [2.75, 3.05) is 5.73 Å². The number of anilines is 1. The van der Waals surface area contributed by atoms with Gasteiger partial charge in [0.05, 0.1) is 15.4 Å². The monoisotopic (exact) mass is 325 g/mol. The van der Waals surface area contributed by atoms with Crippen LogP contribution in [0.15, 0.2) is 24.3 Å². The lowest BCUT2D eigenvalue weighted by molar-refractivity contribution is 0.469. The first-order valence-corrected chi connectivity index (χ1v) is 7.27. The predicted octanol–water partition coefficient (Wildman–Crippen LogP) is 4.68. The van der Waals surface area contributed by atoms with Crippen LogP contribution >= 0.6 is 34.5 Å². The van der Waals surface area contributed by atoms with E-state index in [1.54, 1.807) is 18.2 Å². The van der Waals surface area contributed by atoms with Gasteiger partial charge in [-0.1, -0.05) is 23.2 Å². The molecule has 0 aliphatic carbocycles. The molecule has 0 bridgehead atoms. The van der Waals surface area contributed by atoms with E-state index in [1.807, 2.05) is 13.0 Å². The van der Waals surface area contributed by atoms with E-state index in [0.29, 0.717) is 21.7 Å². The molecule has 0 spiro atoms. The molecular formula is C13H9Cl2N3OS. The number of benzene rings is 1. The van der Waals surface area contributed by atoms with E-state index in [9.17, 15) is 0 Å². The summed E-state index contributed by atoms with van der Waals surface area (Å²) >= 11 is 13.4. The highest BCUT2D eigenvalue weighted by Gasteiger charge is 2.12. The minimum Gasteiger partial charge on any atom is -0.438 e. The zero-order valence-corrected chi connectivity index (χ0v) is 12.7. The van der Waals surface area contributed by atoms with E-state index in [4.69, 9.17) is 33.7 Å². The SMILES string of the molecule is Cc1cc2c(Oc3ccc(Cl)c(Cl)c3)nc(N)nc2s1. The number of halogens is 2. The molecule has 0 aliphatic heterocycles. The van der Waals surface area contributed by atoms with E-state index < -0.39 is 0 Å². The number of thiophene rings is 1. The highest BCUT2D eigenvalue weighted by molar-refractivity contribution is 7.18. The van der Waals surface area contributed by atoms with Gasteiger partial charge in [0, 0.05) is 10.9 Å². The number of aromatic nitrogens is 2. The Kier molecular flexibility index (Phi) is 3.41. The Hall–Kier alpha value is -1.56. The molecule has 7 heteroatoms. The molecule has 2 heterocycles. The summed E-state index contributed by atoms with van der Waals surface area (Å²) in [7, 11) is 0. The van der Waals surface area contributed by atoms with Crippen molar-refractivity contribution in [2.45, 2.75) is 6.92 Å². The quantitative estimate of drug-likeness (QED) is 0.743. The van der Waals surface area contributed by atoms with Gasteiger partial charge in [-0.25, -0.2) is 4.98 Å². The molecule has 20 heavy (non-hydrogen) atoms. The summed E-state index contributed by atoms with van der Waals surface area (Å²) in [5, 5.41) is 1.72. The first-order valence-electron chi connectivity index (χ1n) is 5.69. The zero-order valence-electron chi connectivity index (χ0n) is 10.4. The molecule has 0 unspecified atom stereocenters. The van der Waals surface area contributed by atoms with Crippen LogP contribution in [0.4, 0.5) is 5.95 Å². The lowest BCUT2D eigenvalue weighted by Gasteiger charge is -2.07. The molecule has 1 aromatic carbocycles. The Morgan fingerprint density at radius 1 is 1.15 bits per heavy atom. The van der Waals surface area contributed by atoms with Gasteiger partial charge in [0.1, 0.15) is 10.6 Å². The normalized spacial score (nSPS) is 10.9. The Bertz CT molecular complexity index is 804. The summed E-state index contributed by atoms with van der Waals surface area (Å²) < 4.78 is 5.75. The lowest BCUT2D eigenvalue weighted by Crippen LogP contribution is -1.97. The summed E-state index contributed by atoms with van der Waals surface area (Å²) in [6, 6.07) is 6.98. The maximum atomic E-state index is 5.97. The average molecular weight is 326 g/mol. The van der Waals surface area contributed by atoms with E-state index in [2.05, 4.69) is 9.97 Å². The molecule has 0 aliphatic rings. The molecule has 0 radical (unpaired) electrons. The fourth-order valence-corrected chi connectivity index (χ4v) is 2.93. The molecule has 3 rings (SSSR count). The molecule has 102 valence electrons. The molecule has 0 amide bonds. The zero-order chi connectivity index (χ0) is 14.3. The number of nitrogens with two attached hydrogens (primary N) is 1. The number of nitrogens with zero attached hydrogens (tertiary/aromatic N) is 2. The van der Waals surface area contributed by atoms with Crippen LogP contribution in [0.3, 0.4) is 0 Å². The molecule has 3 aromatic rings. The van der Waals surface area contributed by atoms with Gasteiger partial charge in [-0.05, 0) is 25.1 Å². The summed E-state index contributed by atoms with van der Waals surface area (Å²) in [4.78, 5) is 10.2. The van der Waals surface area contributed by atoms with E-state index in [1.165, 1.54) is 11.3 Å². The largest absolute Gasteiger partial charge is 0.438 e. The first-order chi connectivity index (χ1) is 9.52. The van der Waals surface area contributed by atoms with Crippen LogP contribution in [0.25, 0.3) is 10.2 Å².